The number of amides is 1. The first-order valence-corrected chi connectivity index (χ1v) is 8.61. The Kier molecular flexibility index (Phi) is 6.91. The lowest BCUT2D eigenvalue weighted by atomic mass is 10.3. The number of carbonyl (C=O) groups excluding carboxylic acids is 1. The first kappa shape index (κ1) is 20.1. The zero-order valence-corrected chi connectivity index (χ0v) is 14.8. The van der Waals surface area contributed by atoms with Crippen LogP contribution in [0.1, 0.15) is 0 Å². The third-order valence-corrected chi connectivity index (χ3v) is 4.19. The number of hydrogen-bond acceptors (Lipinski definition) is 6. The van der Waals surface area contributed by atoms with Crippen molar-refractivity contribution in [2.24, 2.45) is 5.73 Å². The zero-order valence-electron chi connectivity index (χ0n) is 13.2. The summed E-state index contributed by atoms with van der Waals surface area (Å²) in [4.78, 5) is 12.0. The van der Waals surface area contributed by atoms with E-state index < -0.39 is 21.8 Å². The van der Waals surface area contributed by atoms with Crippen molar-refractivity contribution in [2.45, 2.75) is 10.9 Å². The predicted molar refractivity (Wildman–Crippen MR) is 92.4 cm³/mol. The molecule has 0 spiro atoms. The summed E-state index contributed by atoms with van der Waals surface area (Å²) in [6.07, 6.45) is 4.06. The maximum absolute atomic E-state index is 11.8. The number of carbonyl (C=O) groups is 1. The third-order valence-electron chi connectivity index (χ3n) is 3.04. The molecular formula is C14H19ClN4O4S. The molecule has 0 bridgehead atoms. The van der Waals surface area contributed by atoms with Gasteiger partial charge in [-0.3, -0.25) is 4.79 Å². The topological polar surface area (TPSA) is 116 Å². The highest BCUT2D eigenvalue weighted by atomic mass is 35.5. The van der Waals surface area contributed by atoms with Crippen molar-refractivity contribution >= 4 is 33.8 Å². The van der Waals surface area contributed by atoms with Gasteiger partial charge in [-0.1, -0.05) is 12.1 Å². The highest BCUT2D eigenvalue weighted by molar-refractivity contribution is 7.90. The minimum atomic E-state index is -3.40. The van der Waals surface area contributed by atoms with Crippen LogP contribution in [0, 0.1) is 0 Å². The number of nitrogens with two attached hydrogens (primary N) is 1. The molecule has 0 fully saturated rings. The summed E-state index contributed by atoms with van der Waals surface area (Å²) in [7, 11) is -1.95. The molecule has 0 aliphatic rings. The first-order valence-electron chi connectivity index (χ1n) is 6.72. The molecule has 1 amide bonds. The van der Waals surface area contributed by atoms with Crippen LogP contribution in [0.2, 0.25) is 0 Å². The van der Waals surface area contributed by atoms with Crippen molar-refractivity contribution < 1.29 is 17.9 Å². The van der Waals surface area contributed by atoms with Crippen LogP contribution in [0.5, 0.6) is 0 Å². The molecule has 3 N–H and O–H groups in total. The largest absolute Gasteiger partial charge is 0.383 e. The Labute approximate surface area is 146 Å². The Bertz CT molecular complexity index is 807. The van der Waals surface area contributed by atoms with Crippen LogP contribution >= 0.6 is 12.4 Å². The van der Waals surface area contributed by atoms with E-state index in [-0.39, 0.29) is 23.9 Å². The Morgan fingerprint density at radius 3 is 2.71 bits per heavy atom. The molecule has 0 saturated heterocycles. The van der Waals surface area contributed by atoms with Crippen molar-refractivity contribution in [2.75, 3.05) is 25.3 Å². The summed E-state index contributed by atoms with van der Waals surface area (Å²) in [6, 6.07) is 5.67. The second-order valence-electron chi connectivity index (χ2n) is 4.96. The number of anilines is 1. The van der Waals surface area contributed by atoms with Gasteiger partial charge in [0, 0.05) is 13.4 Å². The molecule has 0 aliphatic heterocycles. The first-order chi connectivity index (χ1) is 10.8. The van der Waals surface area contributed by atoms with Gasteiger partial charge < -0.3 is 15.8 Å². The number of methoxy groups -OCH3 is 1. The molecule has 1 aromatic heterocycles. The summed E-state index contributed by atoms with van der Waals surface area (Å²) in [5.74, 6) is -0.414. The van der Waals surface area contributed by atoms with Crippen LogP contribution in [0.4, 0.5) is 5.69 Å². The van der Waals surface area contributed by atoms with Gasteiger partial charge in [0.05, 0.1) is 35.3 Å². The fraction of sp³-hybridized carbons (Fsp3) is 0.286. The molecule has 8 nitrogen and oxygen atoms in total. The summed E-state index contributed by atoms with van der Waals surface area (Å²) < 4.78 is 29.9. The smallest absolute Gasteiger partial charge is 0.243 e. The van der Waals surface area contributed by atoms with Crippen molar-refractivity contribution in [3.63, 3.8) is 0 Å². The van der Waals surface area contributed by atoms with Gasteiger partial charge in [0.15, 0.2) is 9.84 Å². The SMILES string of the molecule is COCC(N)C(=O)Nc1cnn(-c2ccccc2S(C)(=O)=O)c1.Cl. The van der Waals surface area contributed by atoms with E-state index in [2.05, 4.69) is 10.4 Å². The fourth-order valence-electron chi connectivity index (χ4n) is 1.97. The Morgan fingerprint density at radius 2 is 2.08 bits per heavy atom. The van der Waals surface area contributed by atoms with Gasteiger partial charge in [0.1, 0.15) is 6.04 Å². The molecule has 0 radical (unpaired) electrons. The van der Waals surface area contributed by atoms with E-state index in [1.54, 1.807) is 18.2 Å². The number of nitrogens with zero attached hydrogens (tertiary/aromatic N) is 2. The van der Waals surface area contributed by atoms with Crippen molar-refractivity contribution in [3.05, 3.63) is 36.7 Å². The molecule has 2 aromatic rings. The number of para-hydroxylation sites is 1. The van der Waals surface area contributed by atoms with E-state index in [1.807, 2.05) is 0 Å². The van der Waals surface area contributed by atoms with Gasteiger partial charge in [-0.25, -0.2) is 13.1 Å². The molecule has 2 rings (SSSR count). The van der Waals surface area contributed by atoms with Crippen molar-refractivity contribution in [3.8, 4) is 5.69 Å². The summed E-state index contributed by atoms with van der Waals surface area (Å²) >= 11 is 0. The van der Waals surface area contributed by atoms with Crippen LogP contribution in [-0.2, 0) is 19.4 Å². The molecule has 1 unspecified atom stereocenters. The summed E-state index contributed by atoms with van der Waals surface area (Å²) in [5.41, 5.74) is 6.44. The second kappa shape index (κ2) is 8.25. The minimum absolute atomic E-state index is 0. The monoisotopic (exact) mass is 374 g/mol. The van der Waals surface area contributed by atoms with Crippen LogP contribution in [0.3, 0.4) is 0 Å². The van der Waals surface area contributed by atoms with E-state index >= 15 is 0 Å². The highest BCUT2D eigenvalue weighted by Gasteiger charge is 2.17. The van der Waals surface area contributed by atoms with Gasteiger partial charge in [-0.15, -0.1) is 12.4 Å². The van der Waals surface area contributed by atoms with Gasteiger partial charge in [-0.05, 0) is 12.1 Å². The molecule has 10 heteroatoms. The minimum Gasteiger partial charge on any atom is -0.383 e. The lowest BCUT2D eigenvalue weighted by molar-refractivity contribution is -0.118. The van der Waals surface area contributed by atoms with Gasteiger partial charge in [-0.2, -0.15) is 5.10 Å². The zero-order chi connectivity index (χ0) is 17.0. The van der Waals surface area contributed by atoms with E-state index in [0.717, 1.165) is 6.26 Å². The predicted octanol–water partition coefficient (Wildman–Crippen LogP) is 0.610. The number of benzene rings is 1. The van der Waals surface area contributed by atoms with Gasteiger partial charge in [0.25, 0.3) is 0 Å². The second-order valence-corrected chi connectivity index (χ2v) is 6.95. The highest BCUT2D eigenvalue weighted by Crippen LogP contribution is 2.20. The van der Waals surface area contributed by atoms with Gasteiger partial charge in [0.2, 0.25) is 5.91 Å². The number of sulfone groups is 1. The number of nitrogens with one attached hydrogen (secondary N) is 1. The maximum Gasteiger partial charge on any atom is 0.243 e. The molecule has 132 valence electrons. The van der Waals surface area contributed by atoms with E-state index in [0.29, 0.717) is 11.4 Å². The van der Waals surface area contributed by atoms with Gasteiger partial charge >= 0.3 is 0 Å². The molecule has 1 heterocycles. The van der Waals surface area contributed by atoms with Crippen molar-refractivity contribution in [1.29, 1.82) is 0 Å². The van der Waals surface area contributed by atoms with E-state index in [1.165, 1.54) is 30.3 Å². The Morgan fingerprint density at radius 1 is 1.42 bits per heavy atom. The standard InChI is InChI=1S/C14H18N4O4S.ClH/c1-22-9-11(15)14(19)17-10-7-16-18(8-10)12-5-3-4-6-13(12)23(2,20)21;/h3-8,11H,9,15H2,1-2H3,(H,17,19);1H. The quantitative estimate of drug-likeness (QED) is 0.765. The Hall–Kier alpha value is -1.94. The molecule has 1 aromatic carbocycles. The molecule has 1 atom stereocenters. The van der Waals surface area contributed by atoms with Crippen molar-refractivity contribution in [1.82, 2.24) is 9.78 Å². The number of aromatic nitrogens is 2. The van der Waals surface area contributed by atoms with E-state index in [4.69, 9.17) is 10.5 Å². The third kappa shape index (κ3) is 4.78. The summed E-state index contributed by atoms with van der Waals surface area (Å²) in [6.45, 7) is 0.0941. The number of rotatable bonds is 6. The lowest BCUT2D eigenvalue weighted by Gasteiger charge is -2.09. The normalized spacial score (nSPS) is 12.3. The fourth-order valence-corrected chi connectivity index (χ4v) is 2.84. The van der Waals surface area contributed by atoms with Crippen LogP contribution < -0.4 is 11.1 Å². The van der Waals surface area contributed by atoms with Crippen LogP contribution in [0.15, 0.2) is 41.6 Å². The maximum atomic E-state index is 11.8. The number of ether oxygens (including phenoxy) is 1. The lowest BCUT2D eigenvalue weighted by Crippen LogP contribution is -2.39. The average molecular weight is 375 g/mol. The molecule has 0 saturated carbocycles. The summed E-state index contributed by atoms with van der Waals surface area (Å²) in [5, 5.41) is 6.68. The molecule has 0 aliphatic carbocycles. The van der Waals surface area contributed by atoms with Crippen LogP contribution in [0.25, 0.3) is 5.69 Å². The Balaban J connectivity index is 0.00000288. The molecular weight excluding hydrogens is 356 g/mol. The van der Waals surface area contributed by atoms with E-state index in [9.17, 15) is 13.2 Å². The van der Waals surface area contributed by atoms with Crippen LogP contribution in [-0.4, -0.2) is 50.1 Å². The molecule has 24 heavy (non-hydrogen) atoms. The number of hydrogen-bond donors (Lipinski definition) is 2. The number of halogens is 1. The average Bonchev–Trinajstić information content (AvgIpc) is 2.95.